The zero-order valence-corrected chi connectivity index (χ0v) is 10.7. The summed E-state index contributed by atoms with van der Waals surface area (Å²) in [5.41, 5.74) is 1.92. The molecule has 2 aromatic rings. The van der Waals surface area contributed by atoms with Crippen molar-refractivity contribution in [1.82, 2.24) is 30.3 Å². The summed E-state index contributed by atoms with van der Waals surface area (Å²) in [6.07, 6.45) is 7.96. The Bertz CT molecular complexity index is 466. The zero-order chi connectivity index (χ0) is 12.8. The van der Waals surface area contributed by atoms with Gasteiger partial charge < -0.3 is 5.32 Å². The third-order valence-electron chi connectivity index (χ3n) is 2.67. The summed E-state index contributed by atoms with van der Waals surface area (Å²) in [6.45, 7) is 5.89. The molecule has 0 aliphatic carbocycles. The highest BCUT2D eigenvalue weighted by Gasteiger charge is 2.19. The number of aryl methyl sites for hydroxylation is 1. The topological polar surface area (TPSA) is 68.5 Å². The summed E-state index contributed by atoms with van der Waals surface area (Å²) >= 11 is 0. The number of rotatable bonds is 6. The summed E-state index contributed by atoms with van der Waals surface area (Å²) in [4.78, 5) is 8.48. The standard InChI is InChI=1S/C12H18N6/c1-3-7-18-11(9-16-17-18)12(14-4-2)10-8-13-5-6-15-10/h5-6,8-9,12,14H,3-4,7H2,1-2H3. The highest BCUT2D eigenvalue weighted by molar-refractivity contribution is 5.17. The van der Waals surface area contributed by atoms with E-state index in [0.717, 1.165) is 30.9 Å². The Labute approximate surface area is 106 Å². The number of hydrogen-bond donors (Lipinski definition) is 1. The maximum Gasteiger partial charge on any atom is 0.0954 e. The van der Waals surface area contributed by atoms with Crippen LogP contribution in [-0.2, 0) is 6.54 Å². The van der Waals surface area contributed by atoms with E-state index in [9.17, 15) is 0 Å². The molecule has 1 unspecified atom stereocenters. The van der Waals surface area contributed by atoms with Crippen LogP contribution in [0.5, 0.6) is 0 Å². The van der Waals surface area contributed by atoms with Crippen molar-refractivity contribution in [3.8, 4) is 0 Å². The molecule has 18 heavy (non-hydrogen) atoms. The van der Waals surface area contributed by atoms with Gasteiger partial charge in [0.1, 0.15) is 0 Å². The van der Waals surface area contributed by atoms with E-state index >= 15 is 0 Å². The molecule has 0 spiro atoms. The van der Waals surface area contributed by atoms with E-state index in [0.29, 0.717) is 0 Å². The van der Waals surface area contributed by atoms with Crippen LogP contribution in [0.3, 0.4) is 0 Å². The first-order valence-corrected chi connectivity index (χ1v) is 6.24. The van der Waals surface area contributed by atoms with Crippen molar-refractivity contribution in [3.05, 3.63) is 36.2 Å². The van der Waals surface area contributed by atoms with Crippen LogP contribution in [0.1, 0.15) is 37.7 Å². The first kappa shape index (κ1) is 12.6. The van der Waals surface area contributed by atoms with Crippen molar-refractivity contribution in [2.75, 3.05) is 6.54 Å². The molecule has 0 saturated carbocycles. The lowest BCUT2D eigenvalue weighted by molar-refractivity contribution is 0.506. The Morgan fingerprint density at radius 2 is 2.17 bits per heavy atom. The van der Waals surface area contributed by atoms with Crippen molar-refractivity contribution in [2.45, 2.75) is 32.9 Å². The maximum atomic E-state index is 4.36. The smallest absolute Gasteiger partial charge is 0.0954 e. The lowest BCUT2D eigenvalue weighted by atomic mass is 10.1. The Balaban J connectivity index is 2.32. The van der Waals surface area contributed by atoms with Crippen molar-refractivity contribution >= 4 is 0 Å². The predicted molar refractivity (Wildman–Crippen MR) is 67.9 cm³/mol. The van der Waals surface area contributed by atoms with Crippen LogP contribution < -0.4 is 5.32 Å². The van der Waals surface area contributed by atoms with Crippen molar-refractivity contribution in [2.24, 2.45) is 0 Å². The molecule has 6 heteroatoms. The highest BCUT2D eigenvalue weighted by atomic mass is 15.4. The number of nitrogens with one attached hydrogen (secondary N) is 1. The van der Waals surface area contributed by atoms with Gasteiger partial charge in [0.05, 0.1) is 29.8 Å². The van der Waals surface area contributed by atoms with Gasteiger partial charge in [0, 0.05) is 18.9 Å². The first-order chi connectivity index (χ1) is 8.86. The van der Waals surface area contributed by atoms with Gasteiger partial charge in [-0.05, 0) is 13.0 Å². The molecule has 96 valence electrons. The third-order valence-corrected chi connectivity index (χ3v) is 2.67. The fourth-order valence-corrected chi connectivity index (χ4v) is 1.90. The molecular weight excluding hydrogens is 228 g/mol. The number of hydrogen-bond acceptors (Lipinski definition) is 5. The molecule has 0 bridgehead atoms. The zero-order valence-electron chi connectivity index (χ0n) is 10.7. The van der Waals surface area contributed by atoms with Crippen LogP contribution >= 0.6 is 0 Å². The van der Waals surface area contributed by atoms with E-state index in [4.69, 9.17) is 0 Å². The Hall–Kier alpha value is -1.82. The van der Waals surface area contributed by atoms with E-state index < -0.39 is 0 Å². The second-order valence-corrected chi connectivity index (χ2v) is 4.00. The molecule has 2 rings (SSSR count). The van der Waals surface area contributed by atoms with Gasteiger partial charge >= 0.3 is 0 Å². The lowest BCUT2D eigenvalue weighted by Gasteiger charge is -2.17. The van der Waals surface area contributed by atoms with Crippen LogP contribution in [0.25, 0.3) is 0 Å². The highest BCUT2D eigenvalue weighted by Crippen LogP contribution is 2.18. The summed E-state index contributed by atoms with van der Waals surface area (Å²) in [7, 11) is 0. The van der Waals surface area contributed by atoms with Gasteiger partial charge in [-0.2, -0.15) is 0 Å². The average molecular weight is 246 g/mol. The number of nitrogens with zero attached hydrogens (tertiary/aromatic N) is 5. The molecule has 1 atom stereocenters. The molecule has 2 aromatic heterocycles. The van der Waals surface area contributed by atoms with Crippen LogP contribution in [0, 0.1) is 0 Å². The van der Waals surface area contributed by atoms with Crippen LogP contribution in [-0.4, -0.2) is 31.5 Å². The largest absolute Gasteiger partial charge is 0.304 e. The molecule has 0 saturated heterocycles. The monoisotopic (exact) mass is 246 g/mol. The van der Waals surface area contributed by atoms with Crippen molar-refractivity contribution < 1.29 is 0 Å². The minimum atomic E-state index is -0.00903. The van der Waals surface area contributed by atoms with E-state index in [2.05, 4.69) is 39.4 Å². The minimum Gasteiger partial charge on any atom is -0.304 e. The summed E-state index contributed by atoms with van der Waals surface area (Å²) in [5, 5.41) is 11.5. The molecule has 0 aliphatic heterocycles. The second-order valence-electron chi connectivity index (χ2n) is 4.00. The SMILES string of the molecule is CCCn1nncc1C(NCC)c1cnccn1. The quantitative estimate of drug-likeness (QED) is 0.828. The molecule has 2 heterocycles. The number of aromatic nitrogens is 5. The predicted octanol–water partition coefficient (Wildman–Crippen LogP) is 1.18. The fourth-order valence-electron chi connectivity index (χ4n) is 1.90. The summed E-state index contributed by atoms with van der Waals surface area (Å²) < 4.78 is 1.92. The van der Waals surface area contributed by atoms with Crippen molar-refractivity contribution in [1.29, 1.82) is 0 Å². The van der Waals surface area contributed by atoms with E-state index in [-0.39, 0.29) is 6.04 Å². The molecule has 0 fully saturated rings. The van der Waals surface area contributed by atoms with E-state index in [1.807, 2.05) is 4.68 Å². The van der Waals surface area contributed by atoms with Gasteiger partial charge in [0.25, 0.3) is 0 Å². The molecule has 1 N–H and O–H groups in total. The summed E-state index contributed by atoms with van der Waals surface area (Å²) in [6, 6.07) is -0.00903. The summed E-state index contributed by atoms with van der Waals surface area (Å²) in [5.74, 6) is 0. The second kappa shape index (κ2) is 6.20. The molecule has 6 nitrogen and oxygen atoms in total. The fraction of sp³-hybridized carbons (Fsp3) is 0.500. The van der Waals surface area contributed by atoms with Crippen molar-refractivity contribution in [3.63, 3.8) is 0 Å². The normalized spacial score (nSPS) is 12.6. The minimum absolute atomic E-state index is 0.00903. The van der Waals surface area contributed by atoms with Gasteiger partial charge in [-0.15, -0.1) is 5.10 Å². The van der Waals surface area contributed by atoms with E-state index in [1.54, 1.807) is 24.8 Å². The Kier molecular flexibility index (Phi) is 4.35. The lowest BCUT2D eigenvalue weighted by Crippen LogP contribution is -2.25. The molecular formula is C12H18N6. The average Bonchev–Trinajstić information content (AvgIpc) is 2.85. The van der Waals surface area contributed by atoms with Gasteiger partial charge in [-0.1, -0.05) is 19.1 Å². The molecule has 0 aliphatic rings. The van der Waals surface area contributed by atoms with Crippen LogP contribution in [0.4, 0.5) is 0 Å². The third kappa shape index (κ3) is 2.70. The van der Waals surface area contributed by atoms with E-state index in [1.165, 1.54) is 0 Å². The van der Waals surface area contributed by atoms with Crippen LogP contribution in [0.2, 0.25) is 0 Å². The Morgan fingerprint density at radius 3 is 2.83 bits per heavy atom. The molecule has 0 amide bonds. The maximum absolute atomic E-state index is 4.36. The molecule has 0 aromatic carbocycles. The Morgan fingerprint density at radius 1 is 1.28 bits per heavy atom. The molecule has 0 radical (unpaired) electrons. The van der Waals surface area contributed by atoms with Gasteiger partial charge in [-0.25, -0.2) is 4.68 Å². The van der Waals surface area contributed by atoms with Gasteiger partial charge in [0.2, 0.25) is 0 Å². The first-order valence-electron chi connectivity index (χ1n) is 6.24. The van der Waals surface area contributed by atoms with Gasteiger partial charge in [-0.3, -0.25) is 9.97 Å². The van der Waals surface area contributed by atoms with Gasteiger partial charge in [0.15, 0.2) is 0 Å². The van der Waals surface area contributed by atoms with Crippen LogP contribution in [0.15, 0.2) is 24.8 Å².